The largest absolute Gasteiger partial charge is 0.438 e. The van der Waals surface area contributed by atoms with E-state index >= 15 is 0 Å². The Labute approximate surface area is 149 Å². The molecule has 2 aliphatic heterocycles. The quantitative estimate of drug-likeness (QED) is 0.866. The summed E-state index contributed by atoms with van der Waals surface area (Å²) in [5, 5.41) is 5.81. The molecular formula is C17H19FN6O2. The summed E-state index contributed by atoms with van der Waals surface area (Å²) in [6, 6.07) is 5.64. The highest BCUT2D eigenvalue weighted by atomic mass is 19.1. The lowest BCUT2D eigenvalue weighted by Gasteiger charge is -2.29. The molecular weight excluding hydrogens is 339 g/mol. The zero-order valence-corrected chi connectivity index (χ0v) is 14.3. The summed E-state index contributed by atoms with van der Waals surface area (Å²) >= 11 is 0. The van der Waals surface area contributed by atoms with Crippen LogP contribution in [0.4, 0.5) is 20.8 Å². The number of nitrogens with one attached hydrogen (secondary N) is 2. The van der Waals surface area contributed by atoms with Gasteiger partial charge in [0.05, 0.1) is 11.3 Å². The third-order valence-corrected chi connectivity index (χ3v) is 4.46. The fourth-order valence-corrected chi connectivity index (χ4v) is 3.22. The Morgan fingerprint density at radius 1 is 1.31 bits per heavy atom. The normalized spacial score (nSPS) is 20.8. The van der Waals surface area contributed by atoms with Crippen LogP contribution in [-0.4, -0.2) is 53.4 Å². The van der Waals surface area contributed by atoms with E-state index in [0.717, 1.165) is 32.0 Å². The highest BCUT2D eigenvalue weighted by molar-refractivity contribution is 5.88. The van der Waals surface area contributed by atoms with E-state index in [2.05, 4.69) is 25.5 Å². The van der Waals surface area contributed by atoms with Crippen molar-refractivity contribution in [2.45, 2.75) is 19.2 Å². The molecule has 0 saturated carbocycles. The lowest BCUT2D eigenvalue weighted by molar-refractivity contribution is 0.0550. The molecule has 2 atom stereocenters. The maximum absolute atomic E-state index is 14.1. The fourth-order valence-electron chi connectivity index (χ4n) is 3.22. The van der Waals surface area contributed by atoms with Crippen molar-refractivity contribution in [3.63, 3.8) is 0 Å². The molecule has 4 rings (SSSR count). The van der Waals surface area contributed by atoms with Crippen LogP contribution in [0.1, 0.15) is 18.6 Å². The molecule has 0 radical (unpaired) electrons. The number of nitrogens with zero attached hydrogens (tertiary/aromatic N) is 4. The monoisotopic (exact) mass is 358 g/mol. The number of rotatable bonds is 3. The molecule has 0 aromatic carbocycles. The van der Waals surface area contributed by atoms with Crippen molar-refractivity contribution in [2.75, 3.05) is 36.4 Å². The summed E-state index contributed by atoms with van der Waals surface area (Å²) in [4.78, 5) is 26.9. The molecule has 2 unspecified atom stereocenters. The molecule has 8 nitrogen and oxygen atoms in total. The van der Waals surface area contributed by atoms with E-state index in [-0.39, 0.29) is 5.82 Å². The maximum atomic E-state index is 14.1. The minimum atomic E-state index is -1.40. The van der Waals surface area contributed by atoms with Crippen LogP contribution in [0.3, 0.4) is 0 Å². The number of carbonyl (C=O) groups is 1. The van der Waals surface area contributed by atoms with Crippen molar-refractivity contribution >= 4 is 17.7 Å². The number of pyridine rings is 1. The van der Waals surface area contributed by atoms with Crippen LogP contribution < -0.4 is 15.5 Å². The number of amides is 1. The van der Waals surface area contributed by atoms with Crippen LogP contribution in [0.5, 0.6) is 0 Å². The van der Waals surface area contributed by atoms with Gasteiger partial charge < -0.3 is 15.0 Å². The summed E-state index contributed by atoms with van der Waals surface area (Å²) < 4.78 is 19.2. The first-order chi connectivity index (χ1) is 12.6. The van der Waals surface area contributed by atoms with E-state index in [1.807, 2.05) is 18.2 Å². The molecule has 2 aliphatic rings. The van der Waals surface area contributed by atoms with Crippen LogP contribution in [-0.2, 0) is 4.74 Å². The zero-order valence-electron chi connectivity index (χ0n) is 14.3. The molecule has 2 aromatic heterocycles. The molecule has 9 heteroatoms. The smallest absolute Gasteiger partial charge is 0.413 e. The van der Waals surface area contributed by atoms with Crippen molar-refractivity contribution in [3.05, 3.63) is 30.1 Å². The summed E-state index contributed by atoms with van der Waals surface area (Å²) in [5.74, 6) is 1.09. The number of ether oxygens (including phenoxy) is 1. The summed E-state index contributed by atoms with van der Waals surface area (Å²) in [5.41, 5.74) is 1.46. The lowest BCUT2D eigenvalue weighted by atomic mass is 10.0. The van der Waals surface area contributed by atoms with Gasteiger partial charge in [0.2, 0.25) is 0 Å². The Bertz CT molecular complexity index is 825. The molecule has 0 bridgehead atoms. The predicted octanol–water partition coefficient (Wildman–Crippen LogP) is 1.91. The minimum Gasteiger partial charge on any atom is -0.438 e. The molecule has 1 fully saturated rings. The number of fused-ring (bicyclic) bond motifs is 1. The van der Waals surface area contributed by atoms with Crippen molar-refractivity contribution in [1.82, 2.24) is 20.3 Å². The second-order valence-corrected chi connectivity index (χ2v) is 6.23. The molecule has 1 saturated heterocycles. The van der Waals surface area contributed by atoms with Crippen LogP contribution in [0.25, 0.3) is 11.4 Å². The van der Waals surface area contributed by atoms with Gasteiger partial charge in [0.15, 0.2) is 6.10 Å². The highest BCUT2D eigenvalue weighted by Gasteiger charge is 2.35. The van der Waals surface area contributed by atoms with Gasteiger partial charge in [0.1, 0.15) is 29.8 Å². The number of hydrogen-bond acceptors (Lipinski definition) is 7. The third-order valence-electron chi connectivity index (χ3n) is 4.46. The van der Waals surface area contributed by atoms with Gasteiger partial charge in [-0.1, -0.05) is 6.07 Å². The molecule has 0 aliphatic carbocycles. The Hall–Kier alpha value is -2.81. The summed E-state index contributed by atoms with van der Waals surface area (Å²) in [7, 11) is 0. The van der Waals surface area contributed by atoms with Gasteiger partial charge >= 0.3 is 6.09 Å². The van der Waals surface area contributed by atoms with Gasteiger partial charge in [-0.3, -0.25) is 5.32 Å². The molecule has 2 aromatic rings. The highest BCUT2D eigenvalue weighted by Crippen LogP contribution is 2.38. The molecule has 0 spiro atoms. The first-order valence-electron chi connectivity index (χ1n) is 8.53. The molecule has 1 amide bonds. The van der Waals surface area contributed by atoms with E-state index in [1.165, 1.54) is 13.3 Å². The Balaban J connectivity index is 1.77. The van der Waals surface area contributed by atoms with E-state index in [0.29, 0.717) is 17.0 Å². The van der Waals surface area contributed by atoms with Gasteiger partial charge in [-0.05, 0) is 19.1 Å². The van der Waals surface area contributed by atoms with E-state index in [4.69, 9.17) is 9.72 Å². The predicted molar refractivity (Wildman–Crippen MR) is 93.8 cm³/mol. The topological polar surface area (TPSA) is 92.3 Å². The SMILES string of the molecule is CC(F)C1OC(=O)Nc2ncnc(-c3cccc(N4CCNCC4)n3)c21. The van der Waals surface area contributed by atoms with Crippen LogP contribution >= 0.6 is 0 Å². The number of alkyl halides is 1. The number of cyclic esters (lactones) is 1. The number of halogens is 1. The first kappa shape index (κ1) is 16.6. The number of aromatic nitrogens is 3. The fraction of sp³-hybridized carbons (Fsp3) is 0.412. The van der Waals surface area contributed by atoms with E-state index in [9.17, 15) is 9.18 Å². The molecule has 136 valence electrons. The van der Waals surface area contributed by atoms with Crippen molar-refractivity contribution in [2.24, 2.45) is 0 Å². The second kappa shape index (κ2) is 6.83. The minimum absolute atomic E-state index is 0.259. The summed E-state index contributed by atoms with van der Waals surface area (Å²) in [6.07, 6.45) is -1.86. The number of hydrogen-bond donors (Lipinski definition) is 2. The van der Waals surface area contributed by atoms with Gasteiger partial charge in [0.25, 0.3) is 0 Å². The first-order valence-corrected chi connectivity index (χ1v) is 8.53. The van der Waals surface area contributed by atoms with Crippen LogP contribution in [0.15, 0.2) is 24.5 Å². The van der Waals surface area contributed by atoms with Gasteiger partial charge in [-0.25, -0.2) is 24.1 Å². The Morgan fingerprint density at radius 2 is 2.12 bits per heavy atom. The summed E-state index contributed by atoms with van der Waals surface area (Å²) in [6.45, 7) is 4.87. The van der Waals surface area contributed by atoms with E-state index < -0.39 is 18.4 Å². The standard InChI is InChI=1S/C17H19FN6O2/c1-10(18)15-13-14(20-9-21-16(13)23-17(25)26-15)11-3-2-4-12(22-11)24-7-5-19-6-8-24/h2-4,9-10,15,19H,5-8H2,1H3,(H,20,21,23,25). The zero-order chi connectivity index (χ0) is 18.1. The number of carbonyl (C=O) groups excluding carboxylic acids is 1. The molecule has 26 heavy (non-hydrogen) atoms. The number of piperazine rings is 1. The van der Waals surface area contributed by atoms with E-state index in [1.54, 1.807) is 0 Å². The van der Waals surface area contributed by atoms with Gasteiger partial charge in [0, 0.05) is 26.2 Å². The third kappa shape index (κ3) is 3.05. The Kier molecular flexibility index (Phi) is 4.37. The van der Waals surface area contributed by atoms with Gasteiger partial charge in [-0.2, -0.15) is 0 Å². The van der Waals surface area contributed by atoms with Crippen LogP contribution in [0.2, 0.25) is 0 Å². The lowest BCUT2D eigenvalue weighted by Crippen LogP contribution is -2.43. The average Bonchev–Trinajstić information content (AvgIpc) is 2.67. The molecule has 2 N–H and O–H groups in total. The average molecular weight is 358 g/mol. The second-order valence-electron chi connectivity index (χ2n) is 6.23. The Morgan fingerprint density at radius 3 is 2.88 bits per heavy atom. The van der Waals surface area contributed by atoms with Gasteiger partial charge in [-0.15, -0.1) is 0 Å². The van der Waals surface area contributed by atoms with Crippen molar-refractivity contribution in [3.8, 4) is 11.4 Å². The maximum Gasteiger partial charge on any atom is 0.413 e. The molecule has 4 heterocycles. The van der Waals surface area contributed by atoms with Crippen LogP contribution in [0, 0.1) is 0 Å². The number of anilines is 2. The van der Waals surface area contributed by atoms with Crippen molar-refractivity contribution < 1.29 is 13.9 Å². The van der Waals surface area contributed by atoms with Crippen molar-refractivity contribution in [1.29, 1.82) is 0 Å².